The fraction of sp³-hybridized carbons (Fsp3) is 0.500. The Morgan fingerprint density at radius 2 is 2.15 bits per heavy atom. The summed E-state index contributed by atoms with van der Waals surface area (Å²) in [7, 11) is 0. The van der Waals surface area contributed by atoms with Gasteiger partial charge in [0.05, 0.1) is 6.61 Å². The first-order valence-electron chi connectivity index (χ1n) is 9.25. The van der Waals surface area contributed by atoms with Crippen molar-refractivity contribution in [1.82, 2.24) is 14.5 Å². The van der Waals surface area contributed by atoms with E-state index in [-0.39, 0.29) is 11.7 Å². The van der Waals surface area contributed by atoms with Gasteiger partial charge in [0.15, 0.2) is 0 Å². The molecule has 0 bridgehead atoms. The molecule has 2 aromatic rings. The predicted molar refractivity (Wildman–Crippen MR) is 97.4 cm³/mol. The molecule has 0 aliphatic carbocycles. The minimum Gasteiger partial charge on any atom is -0.493 e. The SMILES string of the molecule is Cc1nccn1CCCC(=O)N1CCC[C@@H](COc2ccc(F)cc2)C1. The van der Waals surface area contributed by atoms with Crippen molar-refractivity contribution in [2.45, 2.75) is 39.2 Å². The van der Waals surface area contributed by atoms with Crippen LogP contribution in [-0.4, -0.2) is 40.1 Å². The van der Waals surface area contributed by atoms with E-state index in [0.717, 1.165) is 44.7 Å². The third-order valence-electron chi connectivity index (χ3n) is 4.88. The van der Waals surface area contributed by atoms with Gasteiger partial charge in [-0.15, -0.1) is 0 Å². The van der Waals surface area contributed by atoms with Crippen LogP contribution >= 0.6 is 0 Å². The maximum absolute atomic E-state index is 12.9. The van der Waals surface area contributed by atoms with Gasteiger partial charge >= 0.3 is 0 Å². The summed E-state index contributed by atoms with van der Waals surface area (Å²) in [6, 6.07) is 6.07. The molecule has 1 aliphatic heterocycles. The number of aromatic nitrogens is 2. The van der Waals surface area contributed by atoms with Crippen molar-refractivity contribution in [3.05, 3.63) is 48.3 Å². The van der Waals surface area contributed by atoms with Gasteiger partial charge in [0.1, 0.15) is 17.4 Å². The first-order chi connectivity index (χ1) is 12.6. The van der Waals surface area contributed by atoms with Gasteiger partial charge in [0.25, 0.3) is 0 Å². The Bertz CT molecular complexity index is 714. The van der Waals surface area contributed by atoms with Crippen LogP contribution in [0.1, 0.15) is 31.5 Å². The highest BCUT2D eigenvalue weighted by molar-refractivity contribution is 5.76. The summed E-state index contributed by atoms with van der Waals surface area (Å²) < 4.78 is 20.8. The maximum atomic E-state index is 12.9. The number of hydrogen-bond donors (Lipinski definition) is 0. The van der Waals surface area contributed by atoms with Crippen LogP contribution in [0.3, 0.4) is 0 Å². The van der Waals surface area contributed by atoms with Crippen LogP contribution in [0.5, 0.6) is 5.75 Å². The first kappa shape index (κ1) is 18.4. The van der Waals surface area contributed by atoms with E-state index in [1.807, 2.05) is 18.0 Å². The average Bonchev–Trinajstić information content (AvgIpc) is 3.06. The fourth-order valence-electron chi connectivity index (χ4n) is 3.37. The molecule has 0 N–H and O–H groups in total. The van der Waals surface area contributed by atoms with Crippen LogP contribution in [0.2, 0.25) is 0 Å². The van der Waals surface area contributed by atoms with Crippen LogP contribution in [0.25, 0.3) is 0 Å². The van der Waals surface area contributed by atoms with Crippen molar-refractivity contribution in [3.63, 3.8) is 0 Å². The molecule has 1 atom stereocenters. The molecule has 0 saturated carbocycles. The van der Waals surface area contributed by atoms with Crippen LogP contribution in [0.4, 0.5) is 4.39 Å². The van der Waals surface area contributed by atoms with Crippen LogP contribution < -0.4 is 4.74 Å². The van der Waals surface area contributed by atoms with Gasteiger partial charge in [-0.2, -0.15) is 0 Å². The quantitative estimate of drug-likeness (QED) is 0.761. The number of nitrogens with zero attached hydrogens (tertiary/aromatic N) is 3. The molecule has 1 aliphatic rings. The van der Waals surface area contributed by atoms with Gasteiger partial charge < -0.3 is 14.2 Å². The van der Waals surface area contributed by atoms with Crippen molar-refractivity contribution >= 4 is 5.91 Å². The zero-order valence-corrected chi connectivity index (χ0v) is 15.2. The molecule has 0 radical (unpaired) electrons. The monoisotopic (exact) mass is 359 g/mol. The van der Waals surface area contributed by atoms with Crippen molar-refractivity contribution in [2.75, 3.05) is 19.7 Å². The number of hydrogen-bond acceptors (Lipinski definition) is 3. The lowest BCUT2D eigenvalue weighted by Gasteiger charge is -2.32. The van der Waals surface area contributed by atoms with Crippen LogP contribution in [0.15, 0.2) is 36.7 Å². The van der Waals surface area contributed by atoms with E-state index in [4.69, 9.17) is 4.74 Å². The standard InChI is InChI=1S/C20H26FN3O2/c1-16-22-10-13-23(16)11-3-5-20(25)24-12-2-4-17(14-24)15-26-19-8-6-18(21)7-9-19/h6-10,13,17H,2-5,11-12,14-15H2,1H3/t17-/m1/s1. The summed E-state index contributed by atoms with van der Waals surface area (Å²) in [6.07, 6.45) is 7.17. The fourth-order valence-corrected chi connectivity index (χ4v) is 3.37. The van der Waals surface area contributed by atoms with Gasteiger partial charge in [0.2, 0.25) is 5.91 Å². The summed E-state index contributed by atoms with van der Waals surface area (Å²) in [4.78, 5) is 18.6. The van der Waals surface area contributed by atoms with E-state index < -0.39 is 0 Å². The number of amides is 1. The third kappa shape index (κ3) is 5.07. The zero-order chi connectivity index (χ0) is 18.4. The Morgan fingerprint density at radius 3 is 2.88 bits per heavy atom. The Kier molecular flexibility index (Phi) is 6.26. The first-order valence-corrected chi connectivity index (χ1v) is 9.25. The second-order valence-electron chi connectivity index (χ2n) is 6.88. The molecule has 1 amide bonds. The van der Waals surface area contributed by atoms with Crippen LogP contribution in [-0.2, 0) is 11.3 Å². The molecule has 3 rings (SSSR count). The largest absolute Gasteiger partial charge is 0.493 e. The number of imidazole rings is 1. The highest BCUT2D eigenvalue weighted by atomic mass is 19.1. The molecule has 1 aromatic carbocycles. The summed E-state index contributed by atoms with van der Waals surface area (Å²) in [5.74, 6) is 1.93. The number of likely N-dealkylation sites (tertiary alicyclic amines) is 1. The van der Waals surface area contributed by atoms with Gasteiger partial charge in [-0.1, -0.05) is 0 Å². The van der Waals surface area contributed by atoms with E-state index in [1.54, 1.807) is 18.3 Å². The Morgan fingerprint density at radius 1 is 1.35 bits per heavy atom. The van der Waals surface area contributed by atoms with E-state index in [9.17, 15) is 9.18 Å². The van der Waals surface area contributed by atoms with Crippen molar-refractivity contribution in [1.29, 1.82) is 0 Å². The minimum atomic E-state index is -0.266. The van der Waals surface area contributed by atoms with Gasteiger partial charge in [0, 0.05) is 44.4 Å². The van der Waals surface area contributed by atoms with Crippen molar-refractivity contribution < 1.29 is 13.9 Å². The summed E-state index contributed by atoms with van der Waals surface area (Å²) in [5, 5.41) is 0. The number of halogens is 1. The minimum absolute atomic E-state index is 0.217. The van der Waals surface area contributed by atoms with Crippen molar-refractivity contribution in [2.24, 2.45) is 5.92 Å². The van der Waals surface area contributed by atoms with Gasteiger partial charge in [-0.3, -0.25) is 4.79 Å². The molecular weight excluding hydrogens is 333 g/mol. The number of rotatable bonds is 7. The molecule has 1 fully saturated rings. The molecule has 6 heteroatoms. The lowest BCUT2D eigenvalue weighted by Crippen LogP contribution is -2.41. The molecule has 5 nitrogen and oxygen atoms in total. The Hall–Kier alpha value is -2.37. The molecule has 2 heterocycles. The molecule has 26 heavy (non-hydrogen) atoms. The molecule has 0 unspecified atom stereocenters. The van der Waals surface area contributed by atoms with E-state index in [1.165, 1.54) is 12.1 Å². The normalized spacial score (nSPS) is 17.3. The third-order valence-corrected chi connectivity index (χ3v) is 4.88. The topological polar surface area (TPSA) is 47.4 Å². The average molecular weight is 359 g/mol. The smallest absolute Gasteiger partial charge is 0.222 e. The van der Waals surface area contributed by atoms with Gasteiger partial charge in [-0.05, 0) is 50.5 Å². The second-order valence-corrected chi connectivity index (χ2v) is 6.88. The van der Waals surface area contributed by atoms with E-state index >= 15 is 0 Å². The summed E-state index contributed by atoms with van der Waals surface area (Å²) >= 11 is 0. The lowest BCUT2D eigenvalue weighted by molar-refractivity contribution is -0.133. The van der Waals surface area contributed by atoms with Crippen LogP contribution in [0, 0.1) is 18.7 Å². The van der Waals surface area contributed by atoms with E-state index in [0.29, 0.717) is 24.7 Å². The highest BCUT2D eigenvalue weighted by Gasteiger charge is 2.23. The lowest BCUT2D eigenvalue weighted by atomic mass is 9.98. The predicted octanol–water partition coefficient (Wildman–Crippen LogP) is 3.43. The van der Waals surface area contributed by atoms with E-state index in [2.05, 4.69) is 9.55 Å². The number of carbonyl (C=O) groups excluding carboxylic acids is 1. The summed E-state index contributed by atoms with van der Waals surface area (Å²) in [6.45, 7) is 4.92. The number of carbonyl (C=O) groups is 1. The molecular formula is C20H26FN3O2. The molecule has 1 aromatic heterocycles. The number of aryl methyl sites for hydroxylation is 2. The number of piperidine rings is 1. The van der Waals surface area contributed by atoms with Gasteiger partial charge in [-0.25, -0.2) is 9.37 Å². The molecule has 1 saturated heterocycles. The molecule has 140 valence electrons. The maximum Gasteiger partial charge on any atom is 0.222 e. The van der Waals surface area contributed by atoms with Crippen molar-refractivity contribution in [3.8, 4) is 5.75 Å². The highest BCUT2D eigenvalue weighted by Crippen LogP contribution is 2.20. The Labute approximate surface area is 153 Å². The second kappa shape index (κ2) is 8.83. The zero-order valence-electron chi connectivity index (χ0n) is 15.2. The summed E-state index contributed by atoms with van der Waals surface area (Å²) in [5.41, 5.74) is 0. The number of ether oxygens (including phenoxy) is 1. The molecule has 0 spiro atoms. The number of benzene rings is 1. The Balaban J connectivity index is 1.41.